The number of aryl methyl sites for hydroxylation is 1. The molecule has 0 bridgehead atoms. The van der Waals surface area contributed by atoms with Gasteiger partial charge >= 0.3 is 6.03 Å². The van der Waals surface area contributed by atoms with Crippen molar-refractivity contribution in [3.05, 3.63) is 54.4 Å². The number of urea groups is 1. The average Bonchev–Trinajstić information content (AvgIpc) is 3.22. The Morgan fingerprint density at radius 3 is 2.69 bits per heavy atom. The number of carbonyl (C=O) groups excluding carboxylic acids is 2. The van der Waals surface area contributed by atoms with Crippen molar-refractivity contribution in [2.75, 3.05) is 32.5 Å². The van der Waals surface area contributed by atoms with Gasteiger partial charge < -0.3 is 24.8 Å². The molecule has 2 aromatic heterocycles. The van der Waals surface area contributed by atoms with Gasteiger partial charge in [0.2, 0.25) is 11.8 Å². The van der Waals surface area contributed by atoms with Crippen molar-refractivity contribution in [2.24, 2.45) is 0 Å². The summed E-state index contributed by atoms with van der Waals surface area (Å²) in [6.07, 6.45) is 6.42. The molecule has 0 spiro atoms. The number of ether oxygens (including phenoxy) is 1. The van der Waals surface area contributed by atoms with E-state index in [-0.39, 0.29) is 18.0 Å². The first-order chi connectivity index (χ1) is 15.5. The van der Waals surface area contributed by atoms with Crippen LogP contribution in [0.5, 0.6) is 5.88 Å². The Bertz CT molecular complexity index is 1070. The summed E-state index contributed by atoms with van der Waals surface area (Å²) in [5, 5.41) is 3.93. The van der Waals surface area contributed by atoms with Crippen LogP contribution in [-0.4, -0.2) is 65.0 Å². The molecule has 3 heterocycles. The molecule has 0 aliphatic carbocycles. The van der Waals surface area contributed by atoms with E-state index in [2.05, 4.69) is 21.4 Å². The molecule has 0 radical (unpaired) electrons. The van der Waals surface area contributed by atoms with E-state index in [9.17, 15) is 9.59 Å². The van der Waals surface area contributed by atoms with E-state index in [0.717, 1.165) is 24.8 Å². The van der Waals surface area contributed by atoms with Crippen LogP contribution in [0.3, 0.4) is 0 Å². The Morgan fingerprint density at radius 2 is 1.97 bits per heavy atom. The molecule has 168 valence electrons. The van der Waals surface area contributed by atoms with Crippen molar-refractivity contribution in [1.29, 1.82) is 0 Å². The Hall–Kier alpha value is -3.55. The fraction of sp³-hybridized carbons (Fsp3) is 0.375. The predicted molar refractivity (Wildman–Crippen MR) is 124 cm³/mol. The number of likely N-dealkylation sites (tertiary alicyclic amines) is 1. The Balaban J connectivity index is 1.22. The molecule has 2 N–H and O–H groups in total. The number of nitrogens with one attached hydrogen (secondary N) is 2. The number of aromatic amines is 1. The maximum Gasteiger partial charge on any atom is 0.321 e. The number of fused-ring (bicyclic) bond motifs is 1. The van der Waals surface area contributed by atoms with Crippen molar-refractivity contribution >= 4 is 28.5 Å². The van der Waals surface area contributed by atoms with Crippen LogP contribution in [0.1, 0.15) is 24.8 Å². The van der Waals surface area contributed by atoms with Crippen LogP contribution in [0.2, 0.25) is 0 Å². The number of H-pyrrole nitrogens is 1. The second-order valence-electron chi connectivity index (χ2n) is 8.27. The molecule has 3 amide bonds. The summed E-state index contributed by atoms with van der Waals surface area (Å²) >= 11 is 0. The van der Waals surface area contributed by atoms with Gasteiger partial charge in [0.1, 0.15) is 6.10 Å². The van der Waals surface area contributed by atoms with Crippen molar-refractivity contribution in [1.82, 2.24) is 19.8 Å². The van der Waals surface area contributed by atoms with Gasteiger partial charge in [-0.3, -0.25) is 4.79 Å². The minimum absolute atomic E-state index is 0.0300. The maximum atomic E-state index is 12.7. The number of rotatable bonds is 6. The van der Waals surface area contributed by atoms with Gasteiger partial charge in [0, 0.05) is 69.6 Å². The first-order valence-corrected chi connectivity index (χ1v) is 10.9. The highest BCUT2D eigenvalue weighted by Gasteiger charge is 2.24. The number of carbonyl (C=O) groups is 2. The number of para-hydroxylation sites is 1. The van der Waals surface area contributed by atoms with Gasteiger partial charge in [-0.25, -0.2) is 9.78 Å². The third kappa shape index (κ3) is 5.19. The summed E-state index contributed by atoms with van der Waals surface area (Å²) in [5.41, 5.74) is 2.91. The average molecular weight is 436 g/mol. The lowest BCUT2D eigenvalue weighted by atomic mass is 10.1. The number of hydrogen-bond acceptors (Lipinski definition) is 4. The van der Waals surface area contributed by atoms with E-state index in [1.807, 2.05) is 29.3 Å². The zero-order valence-electron chi connectivity index (χ0n) is 18.5. The van der Waals surface area contributed by atoms with Crippen LogP contribution in [0.15, 0.2) is 48.8 Å². The van der Waals surface area contributed by atoms with Gasteiger partial charge in [0.25, 0.3) is 0 Å². The molecule has 1 aliphatic rings. The van der Waals surface area contributed by atoms with Crippen LogP contribution >= 0.6 is 0 Å². The van der Waals surface area contributed by atoms with Crippen molar-refractivity contribution in [2.45, 2.75) is 31.8 Å². The van der Waals surface area contributed by atoms with E-state index in [4.69, 9.17) is 4.74 Å². The molecule has 0 atom stereocenters. The first kappa shape index (κ1) is 21.7. The standard InChI is InChI=1S/C24H29N5O3/c1-28(2)24(31)27-18-8-9-22(26-16-18)32-19-11-13-29(14-12-19)23(30)10-7-17-15-25-21-6-4-3-5-20(17)21/h3-6,8-9,15-16,19,25H,7,10-14H2,1-2H3,(H,27,31). The summed E-state index contributed by atoms with van der Waals surface area (Å²) < 4.78 is 5.98. The van der Waals surface area contributed by atoms with Gasteiger partial charge in [-0.2, -0.15) is 0 Å². The van der Waals surface area contributed by atoms with Crippen molar-refractivity contribution in [3.8, 4) is 5.88 Å². The highest BCUT2D eigenvalue weighted by molar-refractivity contribution is 5.88. The van der Waals surface area contributed by atoms with Crippen molar-refractivity contribution < 1.29 is 14.3 Å². The van der Waals surface area contributed by atoms with Crippen LogP contribution < -0.4 is 10.1 Å². The molecule has 8 nitrogen and oxygen atoms in total. The summed E-state index contributed by atoms with van der Waals surface area (Å²) in [4.78, 5) is 35.3. The Kier molecular flexibility index (Phi) is 6.58. The van der Waals surface area contributed by atoms with Crippen LogP contribution in [0.25, 0.3) is 10.9 Å². The smallest absolute Gasteiger partial charge is 0.321 e. The molecule has 1 aromatic carbocycles. The second-order valence-corrected chi connectivity index (χ2v) is 8.27. The summed E-state index contributed by atoms with van der Waals surface area (Å²) in [7, 11) is 3.36. The lowest BCUT2D eigenvalue weighted by molar-refractivity contribution is -0.132. The van der Waals surface area contributed by atoms with Gasteiger partial charge in [-0.05, 0) is 24.1 Å². The number of hydrogen-bond donors (Lipinski definition) is 2. The van der Waals surface area contributed by atoms with E-state index in [1.165, 1.54) is 15.8 Å². The van der Waals surface area contributed by atoms with Crippen molar-refractivity contribution in [3.63, 3.8) is 0 Å². The third-order valence-corrected chi connectivity index (χ3v) is 5.76. The number of aromatic nitrogens is 2. The summed E-state index contributed by atoms with van der Waals surface area (Å²) in [6.45, 7) is 1.38. The number of amides is 3. The minimum atomic E-state index is -0.206. The normalized spacial score (nSPS) is 14.4. The lowest BCUT2D eigenvalue weighted by Crippen LogP contribution is -2.41. The maximum absolute atomic E-state index is 12.7. The molecular weight excluding hydrogens is 406 g/mol. The topological polar surface area (TPSA) is 90.6 Å². The number of benzene rings is 1. The molecule has 1 saturated heterocycles. The largest absolute Gasteiger partial charge is 0.474 e. The fourth-order valence-corrected chi connectivity index (χ4v) is 3.89. The van der Waals surface area contributed by atoms with Gasteiger partial charge in [-0.15, -0.1) is 0 Å². The quantitative estimate of drug-likeness (QED) is 0.618. The SMILES string of the molecule is CN(C)C(=O)Nc1ccc(OC2CCN(C(=O)CCc3c[nH]c4ccccc34)CC2)nc1. The number of piperidine rings is 1. The van der Waals surface area contributed by atoms with Crippen LogP contribution in [0.4, 0.5) is 10.5 Å². The second kappa shape index (κ2) is 9.72. The summed E-state index contributed by atoms with van der Waals surface area (Å²) in [5.74, 6) is 0.713. The number of pyridine rings is 1. The molecule has 0 unspecified atom stereocenters. The predicted octanol–water partition coefficient (Wildman–Crippen LogP) is 3.66. The first-order valence-electron chi connectivity index (χ1n) is 10.9. The molecule has 4 rings (SSSR count). The fourth-order valence-electron chi connectivity index (χ4n) is 3.89. The molecule has 8 heteroatoms. The molecule has 32 heavy (non-hydrogen) atoms. The molecule has 3 aromatic rings. The minimum Gasteiger partial charge on any atom is -0.474 e. The molecule has 1 aliphatic heterocycles. The van der Waals surface area contributed by atoms with E-state index >= 15 is 0 Å². The lowest BCUT2D eigenvalue weighted by Gasteiger charge is -2.32. The summed E-state index contributed by atoms with van der Waals surface area (Å²) in [6, 6.07) is 11.5. The highest BCUT2D eigenvalue weighted by Crippen LogP contribution is 2.22. The van der Waals surface area contributed by atoms with Crippen LogP contribution in [0, 0.1) is 0 Å². The molecular formula is C24H29N5O3. The van der Waals surface area contributed by atoms with E-state index < -0.39 is 0 Å². The van der Waals surface area contributed by atoms with Gasteiger partial charge in [0.05, 0.1) is 11.9 Å². The highest BCUT2D eigenvalue weighted by atomic mass is 16.5. The number of nitrogens with zero attached hydrogens (tertiary/aromatic N) is 3. The van der Waals surface area contributed by atoms with Crippen LogP contribution in [-0.2, 0) is 11.2 Å². The van der Waals surface area contributed by atoms with E-state index in [0.29, 0.717) is 31.1 Å². The monoisotopic (exact) mass is 435 g/mol. The third-order valence-electron chi connectivity index (χ3n) is 5.76. The zero-order valence-corrected chi connectivity index (χ0v) is 18.5. The van der Waals surface area contributed by atoms with E-state index in [1.54, 1.807) is 32.4 Å². The van der Waals surface area contributed by atoms with Gasteiger partial charge in [-0.1, -0.05) is 18.2 Å². The number of anilines is 1. The molecule has 1 fully saturated rings. The zero-order chi connectivity index (χ0) is 22.5. The van der Waals surface area contributed by atoms with Gasteiger partial charge in [0.15, 0.2) is 0 Å². The molecule has 0 saturated carbocycles. The Labute approximate surface area is 187 Å². The Morgan fingerprint density at radius 1 is 1.19 bits per heavy atom.